The molecule has 1 aromatic heterocycles. The number of rotatable bonds is 4. The van der Waals surface area contributed by atoms with Gasteiger partial charge in [0.05, 0.1) is 0 Å². The van der Waals surface area contributed by atoms with Crippen LogP contribution in [0.2, 0.25) is 0 Å². The molecule has 0 bridgehead atoms. The number of nitrogens with one attached hydrogen (secondary N) is 2. The normalized spacial score (nSPS) is 10.8. The van der Waals surface area contributed by atoms with E-state index in [4.69, 9.17) is 0 Å². The van der Waals surface area contributed by atoms with Gasteiger partial charge in [0.2, 0.25) is 5.91 Å². The molecule has 22 heavy (non-hydrogen) atoms. The summed E-state index contributed by atoms with van der Waals surface area (Å²) in [6.07, 6.45) is 3.16. The van der Waals surface area contributed by atoms with E-state index in [1.54, 1.807) is 0 Å². The van der Waals surface area contributed by atoms with Crippen molar-refractivity contribution in [2.45, 2.75) is 26.7 Å². The molecule has 3 heteroatoms. The van der Waals surface area contributed by atoms with Crippen LogP contribution in [-0.4, -0.2) is 10.9 Å². The van der Waals surface area contributed by atoms with Crippen molar-refractivity contribution in [1.29, 1.82) is 0 Å². The number of carbonyl (C=O) groups excluding carboxylic acids is 1. The molecule has 1 amide bonds. The van der Waals surface area contributed by atoms with E-state index in [2.05, 4.69) is 34.6 Å². The number of H-pyrrole nitrogens is 1. The molecule has 1 heterocycles. The number of anilines is 1. The van der Waals surface area contributed by atoms with E-state index in [0.29, 0.717) is 6.42 Å². The smallest absolute Gasteiger partial charge is 0.224 e. The molecule has 3 rings (SSSR count). The molecule has 0 radical (unpaired) electrons. The summed E-state index contributed by atoms with van der Waals surface area (Å²) in [5, 5.41) is 4.18. The van der Waals surface area contributed by atoms with Crippen LogP contribution in [0.25, 0.3) is 10.9 Å². The van der Waals surface area contributed by atoms with E-state index in [1.807, 2.05) is 38.2 Å². The van der Waals surface area contributed by atoms with Gasteiger partial charge in [0, 0.05) is 29.2 Å². The number of amides is 1. The van der Waals surface area contributed by atoms with Crippen LogP contribution in [0.4, 0.5) is 5.69 Å². The second kappa shape index (κ2) is 6.06. The quantitative estimate of drug-likeness (QED) is 0.737. The number of aromatic nitrogens is 1. The number of hydrogen-bond donors (Lipinski definition) is 2. The highest BCUT2D eigenvalue weighted by Gasteiger charge is 2.07. The molecule has 0 spiro atoms. The van der Waals surface area contributed by atoms with E-state index < -0.39 is 0 Å². The fourth-order valence-corrected chi connectivity index (χ4v) is 2.89. The van der Waals surface area contributed by atoms with Crippen molar-refractivity contribution >= 4 is 22.5 Å². The molecule has 0 saturated carbocycles. The molecule has 0 aliphatic rings. The Morgan fingerprint density at radius 1 is 1.09 bits per heavy atom. The molecule has 112 valence electrons. The Morgan fingerprint density at radius 3 is 2.64 bits per heavy atom. The Balaban J connectivity index is 1.66. The Morgan fingerprint density at radius 2 is 1.86 bits per heavy atom. The first-order valence-electron chi connectivity index (χ1n) is 7.55. The van der Waals surface area contributed by atoms with Gasteiger partial charge in [0.15, 0.2) is 0 Å². The van der Waals surface area contributed by atoms with Gasteiger partial charge in [-0.1, -0.05) is 18.2 Å². The van der Waals surface area contributed by atoms with Crippen LogP contribution in [0.5, 0.6) is 0 Å². The topological polar surface area (TPSA) is 44.9 Å². The van der Waals surface area contributed by atoms with Gasteiger partial charge in [-0.3, -0.25) is 4.79 Å². The van der Waals surface area contributed by atoms with Gasteiger partial charge in [-0.2, -0.15) is 0 Å². The second-order valence-corrected chi connectivity index (χ2v) is 5.78. The summed E-state index contributed by atoms with van der Waals surface area (Å²) in [6.45, 7) is 4.07. The molecule has 0 aliphatic carbocycles. The fraction of sp³-hybridized carbons (Fsp3) is 0.211. The van der Waals surface area contributed by atoms with E-state index in [9.17, 15) is 4.79 Å². The van der Waals surface area contributed by atoms with Crippen molar-refractivity contribution in [2.24, 2.45) is 0 Å². The lowest BCUT2D eigenvalue weighted by atomic mass is 10.0. The van der Waals surface area contributed by atoms with Crippen molar-refractivity contribution in [2.75, 3.05) is 5.32 Å². The molecular formula is C19H20N2O. The zero-order valence-corrected chi connectivity index (χ0v) is 12.9. The average Bonchev–Trinajstić information content (AvgIpc) is 2.92. The lowest BCUT2D eigenvalue weighted by Crippen LogP contribution is -2.12. The van der Waals surface area contributed by atoms with Gasteiger partial charge in [0.1, 0.15) is 0 Å². The lowest BCUT2D eigenvalue weighted by Gasteiger charge is -2.08. The van der Waals surface area contributed by atoms with Gasteiger partial charge in [-0.05, 0) is 61.2 Å². The SMILES string of the molecule is Cc1cc(C)cc(NC(=O)CCc2cccc3[nH]ccc23)c1. The molecule has 0 unspecified atom stereocenters. The molecule has 0 aliphatic heterocycles. The lowest BCUT2D eigenvalue weighted by molar-refractivity contribution is -0.116. The minimum absolute atomic E-state index is 0.0533. The highest BCUT2D eigenvalue weighted by Crippen LogP contribution is 2.19. The summed E-state index contributed by atoms with van der Waals surface area (Å²) in [4.78, 5) is 15.4. The van der Waals surface area contributed by atoms with Crippen molar-refractivity contribution < 1.29 is 4.79 Å². The van der Waals surface area contributed by atoms with Crippen LogP contribution < -0.4 is 5.32 Å². The van der Waals surface area contributed by atoms with Crippen LogP contribution in [0, 0.1) is 13.8 Å². The van der Waals surface area contributed by atoms with Crippen LogP contribution >= 0.6 is 0 Å². The first kappa shape index (κ1) is 14.4. The molecule has 0 saturated heterocycles. The summed E-state index contributed by atoms with van der Waals surface area (Å²) in [7, 11) is 0. The van der Waals surface area contributed by atoms with E-state index in [0.717, 1.165) is 28.8 Å². The summed E-state index contributed by atoms with van der Waals surface area (Å²) in [5.41, 5.74) is 5.52. The maximum atomic E-state index is 12.2. The average molecular weight is 292 g/mol. The number of carbonyl (C=O) groups is 1. The number of benzene rings is 2. The largest absolute Gasteiger partial charge is 0.361 e. The van der Waals surface area contributed by atoms with E-state index >= 15 is 0 Å². The third-order valence-electron chi connectivity index (χ3n) is 3.81. The van der Waals surface area contributed by atoms with Crippen LogP contribution in [0.3, 0.4) is 0 Å². The minimum atomic E-state index is 0.0533. The van der Waals surface area contributed by atoms with Crippen molar-refractivity contribution in [3.8, 4) is 0 Å². The predicted octanol–water partition coefficient (Wildman–Crippen LogP) is 4.36. The van der Waals surface area contributed by atoms with E-state index in [1.165, 1.54) is 10.9 Å². The van der Waals surface area contributed by atoms with Gasteiger partial charge < -0.3 is 10.3 Å². The Hall–Kier alpha value is -2.55. The van der Waals surface area contributed by atoms with Crippen molar-refractivity contribution in [1.82, 2.24) is 4.98 Å². The molecular weight excluding hydrogens is 272 g/mol. The van der Waals surface area contributed by atoms with Gasteiger partial charge in [0.25, 0.3) is 0 Å². The second-order valence-electron chi connectivity index (χ2n) is 5.78. The first-order chi connectivity index (χ1) is 10.6. The molecule has 0 atom stereocenters. The molecule has 2 aromatic carbocycles. The van der Waals surface area contributed by atoms with Gasteiger partial charge >= 0.3 is 0 Å². The minimum Gasteiger partial charge on any atom is -0.361 e. The van der Waals surface area contributed by atoms with Crippen LogP contribution in [0.15, 0.2) is 48.7 Å². The summed E-state index contributed by atoms with van der Waals surface area (Å²) in [6, 6.07) is 14.3. The highest BCUT2D eigenvalue weighted by atomic mass is 16.1. The number of aromatic amines is 1. The monoisotopic (exact) mass is 292 g/mol. The maximum Gasteiger partial charge on any atom is 0.224 e. The highest BCUT2D eigenvalue weighted by molar-refractivity contribution is 5.91. The van der Waals surface area contributed by atoms with Gasteiger partial charge in [-0.25, -0.2) is 0 Å². The standard InChI is InChI=1S/C19H20N2O/c1-13-10-14(2)12-16(11-13)21-19(22)7-6-15-4-3-5-18-17(15)8-9-20-18/h3-5,8-12,20H,6-7H2,1-2H3,(H,21,22). The Kier molecular flexibility index (Phi) is 3.96. The molecule has 0 fully saturated rings. The first-order valence-corrected chi connectivity index (χ1v) is 7.55. The van der Waals surface area contributed by atoms with Crippen molar-refractivity contribution in [3.63, 3.8) is 0 Å². The molecule has 3 aromatic rings. The third kappa shape index (κ3) is 3.19. The Bertz CT molecular complexity index is 797. The number of hydrogen-bond acceptors (Lipinski definition) is 1. The summed E-state index contributed by atoms with van der Waals surface area (Å²) < 4.78 is 0. The zero-order valence-electron chi connectivity index (χ0n) is 12.9. The van der Waals surface area contributed by atoms with Gasteiger partial charge in [-0.15, -0.1) is 0 Å². The number of aryl methyl sites for hydroxylation is 3. The van der Waals surface area contributed by atoms with E-state index in [-0.39, 0.29) is 5.91 Å². The molecule has 3 nitrogen and oxygen atoms in total. The number of fused-ring (bicyclic) bond motifs is 1. The summed E-state index contributed by atoms with van der Waals surface area (Å²) in [5.74, 6) is 0.0533. The van der Waals surface area contributed by atoms with Crippen LogP contribution in [-0.2, 0) is 11.2 Å². The fourth-order valence-electron chi connectivity index (χ4n) is 2.89. The Labute approximate surface area is 130 Å². The van der Waals surface area contributed by atoms with Crippen molar-refractivity contribution in [3.05, 3.63) is 65.4 Å². The predicted molar refractivity (Wildman–Crippen MR) is 91.2 cm³/mol. The molecule has 2 N–H and O–H groups in total. The van der Waals surface area contributed by atoms with Crippen LogP contribution in [0.1, 0.15) is 23.1 Å². The third-order valence-corrected chi connectivity index (χ3v) is 3.81. The summed E-state index contributed by atoms with van der Waals surface area (Å²) >= 11 is 0. The zero-order chi connectivity index (χ0) is 15.5. The maximum absolute atomic E-state index is 12.2.